The van der Waals surface area contributed by atoms with Crippen molar-refractivity contribution in [2.45, 2.75) is 12.5 Å². The van der Waals surface area contributed by atoms with Crippen molar-refractivity contribution in [3.8, 4) is 11.5 Å². The molecule has 0 aromatic heterocycles. The van der Waals surface area contributed by atoms with Gasteiger partial charge < -0.3 is 19.7 Å². The van der Waals surface area contributed by atoms with Gasteiger partial charge in [-0.05, 0) is 25.1 Å². The maximum absolute atomic E-state index is 12.6. The van der Waals surface area contributed by atoms with Crippen molar-refractivity contribution in [1.29, 1.82) is 0 Å². The molecule has 0 bridgehead atoms. The van der Waals surface area contributed by atoms with Gasteiger partial charge in [0.15, 0.2) is 11.5 Å². The van der Waals surface area contributed by atoms with Crippen LogP contribution >= 0.6 is 0 Å². The zero-order chi connectivity index (χ0) is 14.8. The molecule has 1 aromatic rings. The van der Waals surface area contributed by atoms with Gasteiger partial charge in [-0.1, -0.05) is 12.1 Å². The van der Waals surface area contributed by atoms with E-state index in [1.54, 1.807) is 7.11 Å². The van der Waals surface area contributed by atoms with E-state index in [0.717, 1.165) is 25.1 Å². The first-order valence-electron chi connectivity index (χ1n) is 7.19. The molecule has 1 atom stereocenters. The van der Waals surface area contributed by atoms with E-state index in [1.807, 2.05) is 36.2 Å². The van der Waals surface area contributed by atoms with Gasteiger partial charge in [0.05, 0.1) is 12.7 Å². The number of carbonyl (C=O) groups is 1. The maximum Gasteiger partial charge on any atom is 0.253 e. The summed E-state index contributed by atoms with van der Waals surface area (Å²) in [5, 5.41) is 3.28. The molecule has 2 aliphatic rings. The van der Waals surface area contributed by atoms with Crippen molar-refractivity contribution in [3.05, 3.63) is 29.3 Å². The average molecular weight is 288 g/mol. The lowest BCUT2D eigenvalue weighted by Gasteiger charge is -2.27. The van der Waals surface area contributed by atoms with Crippen LogP contribution in [0.25, 0.3) is 6.08 Å². The minimum Gasteiger partial charge on any atom is -0.493 e. The summed E-state index contributed by atoms with van der Waals surface area (Å²) in [6, 6.07) is 5.96. The highest BCUT2D eigenvalue weighted by Gasteiger charge is 2.27. The molecule has 5 heteroatoms. The number of nitrogens with zero attached hydrogens (tertiary/aromatic N) is 1. The largest absolute Gasteiger partial charge is 0.493 e. The minimum atomic E-state index is 0.0390. The van der Waals surface area contributed by atoms with Gasteiger partial charge in [-0.2, -0.15) is 0 Å². The summed E-state index contributed by atoms with van der Waals surface area (Å²) >= 11 is 0. The molecule has 5 nitrogen and oxygen atoms in total. The average Bonchev–Trinajstić information content (AvgIpc) is 3.06. The third-order valence-corrected chi connectivity index (χ3v) is 4.11. The van der Waals surface area contributed by atoms with Crippen LogP contribution in [-0.2, 0) is 4.79 Å². The minimum absolute atomic E-state index is 0.0390. The third kappa shape index (κ3) is 2.61. The molecule has 1 saturated heterocycles. The van der Waals surface area contributed by atoms with Gasteiger partial charge in [0.25, 0.3) is 5.91 Å². The molecule has 1 amide bonds. The second-order valence-electron chi connectivity index (χ2n) is 5.40. The van der Waals surface area contributed by atoms with Crippen LogP contribution in [0.4, 0.5) is 0 Å². The Morgan fingerprint density at radius 3 is 3.05 bits per heavy atom. The van der Waals surface area contributed by atoms with Crippen LogP contribution < -0.4 is 14.8 Å². The number of hydrogen-bond acceptors (Lipinski definition) is 4. The Hall–Kier alpha value is -2.01. The van der Waals surface area contributed by atoms with Crippen LogP contribution in [0, 0.1) is 0 Å². The second-order valence-corrected chi connectivity index (χ2v) is 5.40. The number of benzene rings is 1. The zero-order valence-electron chi connectivity index (χ0n) is 12.4. The van der Waals surface area contributed by atoms with Crippen molar-refractivity contribution in [1.82, 2.24) is 10.2 Å². The molecule has 0 radical (unpaired) electrons. The van der Waals surface area contributed by atoms with E-state index in [9.17, 15) is 4.79 Å². The molecule has 1 fully saturated rings. The Kier molecular flexibility index (Phi) is 3.84. The maximum atomic E-state index is 12.6. The quantitative estimate of drug-likeness (QED) is 0.910. The zero-order valence-corrected chi connectivity index (χ0v) is 12.4. The van der Waals surface area contributed by atoms with E-state index < -0.39 is 0 Å². The normalized spacial score (nSPS) is 20.3. The van der Waals surface area contributed by atoms with Gasteiger partial charge in [0, 0.05) is 25.2 Å². The number of ether oxygens (including phenoxy) is 2. The number of nitrogens with one attached hydrogen (secondary N) is 1. The summed E-state index contributed by atoms with van der Waals surface area (Å²) in [7, 11) is 3.48. The van der Waals surface area contributed by atoms with Crippen molar-refractivity contribution in [2.75, 3.05) is 33.9 Å². The summed E-state index contributed by atoms with van der Waals surface area (Å²) in [4.78, 5) is 14.4. The topological polar surface area (TPSA) is 50.8 Å². The van der Waals surface area contributed by atoms with Crippen LogP contribution in [0.15, 0.2) is 23.8 Å². The standard InChI is InChI=1S/C16H20N2O3/c1-18(13-6-7-17-9-13)16(19)12-8-11-4-3-5-14(20-2)15(11)21-10-12/h3-5,8,13,17H,6-7,9-10H2,1-2H3. The highest BCUT2D eigenvalue weighted by atomic mass is 16.5. The lowest BCUT2D eigenvalue weighted by atomic mass is 10.1. The summed E-state index contributed by atoms with van der Waals surface area (Å²) in [5.74, 6) is 1.45. The molecule has 1 N–H and O–H groups in total. The van der Waals surface area contributed by atoms with Gasteiger partial charge in [-0.15, -0.1) is 0 Å². The number of methoxy groups -OCH3 is 1. The smallest absolute Gasteiger partial charge is 0.253 e. The fourth-order valence-corrected chi connectivity index (χ4v) is 2.83. The fraction of sp³-hybridized carbons (Fsp3) is 0.438. The highest BCUT2D eigenvalue weighted by molar-refractivity contribution is 5.99. The van der Waals surface area contributed by atoms with Crippen LogP contribution in [0.2, 0.25) is 0 Å². The number of para-hydroxylation sites is 1. The van der Waals surface area contributed by atoms with Crippen molar-refractivity contribution in [3.63, 3.8) is 0 Å². The molecule has 3 rings (SSSR count). The van der Waals surface area contributed by atoms with E-state index in [-0.39, 0.29) is 18.6 Å². The molecule has 21 heavy (non-hydrogen) atoms. The van der Waals surface area contributed by atoms with Gasteiger partial charge in [0.2, 0.25) is 0 Å². The number of amides is 1. The Morgan fingerprint density at radius 1 is 1.48 bits per heavy atom. The Bertz CT molecular complexity index is 577. The Balaban J connectivity index is 1.83. The summed E-state index contributed by atoms with van der Waals surface area (Å²) in [6.07, 6.45) is 2.91. The van der Waals surface area contributed by atoms with E-state index >= 15 is 0 Å². The van der Waals surface area contributed by atoms with Crippen molar-refractivity contribution >= 4 is 12.0 Å². The molecule has 0 spiro atoms. The SMILES string of the molecule is COc1cccc2c1OCC(C(=O)N(C)C1CCNC1)=C2. The highest BCUT2D eigenvalue weighted by Crippen LogP contribution is 2.35. The number of carbonyl (C=O) groups excluding carboxylic acids is 1. The first-order valence-corrected chi connectivity index (χ1v) is 7.19. The molecular weight excluding hydrogens is 268 g/mol. The lowest BCUT2D eigenvalue weighted by molar-refractivity contribution is -0.127. The Labute approximate surface area is 124 Å². The summed E-state index contributed by atoms with van der Waals surface area (Å²) in [6.45, 7) is 2.12. The second kappa shape index (κ2) is 5.77. The van der Waals surface area contributed by atoms with Gasteiger partial charge >= 0.3 is 0 Å². The van der Waals surface area contributed by atoms with Crippen LogP contribution in [-0.4, -0.2) is 50.7 Å². The fourth-order valence-electron chi connectivity index (χ4n) is 2.83. The van der Waals surface area contributed by atoms with E-state index in [0.29, 0.717) is 17.1 Å². The predicted octanol–water partition coefficient (Wildman–Crippen LogP) is 1.29. The summed E-state index contributed by atoms with van der Waals surface area (Å²) < 4.78 is 11.0. The molecule has 2 heterocycles. The molecule has 1 aromatic carbocycles. The first kappa shape index (κ1) is 13.9. The van der Waals surface area contributed by atoms with E-state index in [1.165, 1.54) is 0 Å². The van der Waals surface area contributed by atoms with Gasteiger partial charge in [-0.3, -0.25) is 4.79 Å². The van der Waals surface area contributed by atoms with Crippen molar-refractivity contribution in [2.24, 2.45) is 0 Å². The van der Waals surface area contributed by atoms with Gasteiger partial charge in [0.1, 0.15) is 6.61 Å². The molecule has 0 aliphatic carbocycles. The van der Waals surface area contributed by atoms with Gasteiger partial charge in [-0.25, -0.2) is 0 Å². The molecule has 1 unspecified atom stereocenters. The predicted molar refractivity (Wildman–Crippen MR) is 80.5 cm³/mol. The number of fused-ring (bicyclic) bond motifs is 1. The van der Waals surface area contributed by atoms with Crippen LogP contribution in [0.5, 0.6) is 11.5 Å². The first-order chi connectivity index (χ1) is 10.2. The monoisotopic (exact) mass is 288 g/mol. The molecule has 0 saturated carbocycles. The van der Waals surface area contributed by atoms with Crippen LogP contribution in [0.3, 0.4) is 0 Å². The lowest BCUT2D eigenvalue weighted by Crippen LogP contribution is -2.40. The molecule has 112 valence electrons. The third-order valence-electron chi connectivity index (χ3n) is 4.11. The molecule has 2 aliphatic heterocycles. The number of likely N-dealkylation sites (N-methyl/N-ethyl adjacent to an activating group) is 1. The van der Waals surface area contributed by atoms with Crippen LogP contribution in [0.1, 0.15) is 12.0 Å². The number of rotatable bonds is 3. The van der Waals surface area contributed by atoms with E-state index in [4.69, 9.17) is 9.47 Å². The summed E-state index contributed by atoms with van der Waals surface area (Å²) in [5.41, 5.74) is 1.58. The van der Waals surface area contributed by atoms with E-state index in [2.05, 4.69) is 5.32 Å². The number of hydrogen-bond donors (Lipinski definition) is 1. The Morgan fingerprint density at radius 2 is 2.33 bits per heavy atom. The molecular formula is C16H20N2O3. The van der Waals surface area contributed by atoms with Crippen molar-refractivity contribution < 1.29 is 14.3 Å².